The second kappa shape index (κ2) is 6.17. The lowest BCUT2D eigenvalue weighted by Crippen LogP contribution is -2.03. The van der Waals surface area contributed by atoms with Gasteiger partial charge in [-0.2, -0.15) is 0 Å². The van der Waals surface area contributed by atoms with Crippen LogP contribution < -0.4 is 10.5 Å². The van der Waals surface area contributed by atoms with E-state index < -0.39 is 0 Å². The summed E-state index contributed by atoms with van der Waals surface area (Å²) in [6.07, 6.45) is 3.40. The van der Waals surface area contributed by atoms with E-state index >= 15 is 0 Å². The Bertz CT molecular complexity index is 538. The van der Waals surface area contributed by atoms with Crippen molar-refractivity contribution in [3.05, 3.63) is 18.2 Å². The third-order valence-electron chi connectivity index (χ3n) is 2.93. The lowest BCUT2D eigenvalue weighted by Gasteiger charge is -2.07. The number of aryl methyl sites for hydroxylation is 1. The summed E-state index contributed by atoms with van der Waals surface area (Å²) in [5, 5.41) is 11.8. The van der Waals surface area contributed by atoms with Gasteiger partial charge in [-0.15, -0.1) is 5.10 Å². The predicted molar refractivity (Wildman–Crippen MR) is 73.7 cm³/mol. The number of unbranched alkanes of at least 4 members (excludes halogenated alkanes) is 2. The molecule has 2 rings (SSSR count). The lowest BCUT2D eigenvalue weighted by atomic mass is 10.1. The number of tetrazole rings is 1. The minimum atomic E-state index is 0.637. The van der Waals surface area contributed by atoms with E-state index in [1.807, 2.05) is 16.8 Å². The number of aromatic nitrogens is 4. The van der Waals surface area contributed by atoms with E-state index in [2.05, 4.69) is 22.4 Å². The molecule has 1 aromatic heterocycles. The van der Waals surface area contributed by atoms with Gasteiger partial charge in [0.2, 0.25) is 0 Å². The molecule has 0 fully saturated rings. The summed E-state index contributed by atoms with van der Waals surface area (Å²) in [5.41, 5.74) is 7.36. The van der Waals surface area contributed by atoms with E-state index in [0.29, 0.717) is 11.4 Å². The van der Waals surface area contributed by atoms with Crippen LogP contribution in [0.2, 0.25) is 0 Å². The molecule has 6 nitrogen and oxygen atoms in total. The Morgan fingerprint density at radius 2 is 2.11 bits per heavy atom. The summed E-state index contributed by atoms with van der Waals surface area (Å²) >= 11 is 0. The monoisotopic (exact) mass is 261 g/mol. The molecule has 0 spiro atoms. The molecular weight excluding hydrogens is 242 g/mol. The second-order valence-corrected chi connectivity index (χ2v) is 4.43. The van der Waals surface area contributed by atoms with Gasteiger partial charge in [-0.3, -0.25) is 0 Å². The van der Waals surface area contributed by atoms with Crippen molar-refractivity contribution in [1.29, 1.82) is 0 Å². The van der Waals surface area contributed by atoms with Gasteiger partial charge in [-0.05, 0) is 29.0 Å². The number of nitrogens with two attached hydrogens (primary N) is 1. The summed E-state index contributed by atoms with van der Waals surface area (Å²) in [7, 11) is 1.61. The maximum atomic E-state index is 5.85. The van der Waals surface area contributed by atoms with Crippen LogP contribution in [0.5, 0.6) is 5.75 Å². The highest BCUT2D eigenvalue weighted by molar-refractivity contribution is 5.64. The van der Waals surface area contributed by atoms with Gasteiger partial charge < -0.3 is 10.5 Å². The molecule has 0 aliphatic carbocycles. The number of benzene rings is 1. The zero-order valence-corrected chi connectivity index (χ0v) is 11.3. The molecule has 0 bridgehead atoms. The summed E-state index contributed by atoms with van der Waals surface area (Å²) in [6.45, 7) is 2.98. The Labute approximate surface area is 112 Å². The summed E-state index contributed by atoms with van der Waals surface area (Å²) in [6, 6.07) is 5.51. The molecule has 0 saturated carbocycles. The molecule has 1 heterocycles. The van der Waals surface area contributed by atoms with E-state index in [-0.39, 0.29) is 0 Å². The summed E-state index contributed by atoms with van der Waals surface area (Å²) in [4.78, 5) is 0. The SMILES string of the molecule is CCCCCn1nnnc1-c1cc(N)cc(OC)c1. The van der Waals surface area contributed by atoms with Crippen LogP contribution in [-0.2, 0) is 6.54 Å². The molecule has 0 amide bonds. The number of nitrogens with zero attached hydrogens (tertiary/aromatic N) is 4. The molecule has 0 saturated heterocycles. The Kier molecular flexibility index (Phi) is 4.33. The van der Waals surface area contributed by atoms with E-state index in [1.165, 1.54) is 12.8 Å². The van der Waals surface area contributed by atoms with Crippen molar-refractivity contribution in [3.8, 4) is 17.1 Å². The highest BCUT2D eigenvalue weighted by Gasteiger charge is 2.10. The first-order chi connectivity index (χ1) is 9.24. The van der Waals surface area contributed by atoms with Crippen LogP contribution in [0.4, 0.5) is 5.69 Å². The topological polar surface area (TPSA) is 78.9 Å². The van der Waals surface area contributed by atoms with Crippen LogP contribution >= 0.6 is 0 Å². The average Bonchev–Trinajstić information content (AvgIpc) is 2.86. The molecule has 1 aromatic carbocycles. The zero-order valence-electron chi connectivity index (χ0n) is 11.3. The van der Waals surface area contributed by atoms with Crippen LogP contribution in [0.15, 0.2) is 18.2 Å². The van der Waals surface area contributed by atoms with Crippen molar-refractivity contribution in [2.24, 2.45) is 0 Å². The van der Waals surface area contributed by atoms with Gasteiger partial charge in [-0.25, -0.2) is 4.68 Å². The highest BCUT2D eigenvalue weighted by Crippen LogP contribution is 2.25. The van der Waals surface area contributed by atoms with Crippen molar-refractivity contribution in [3.63, 3.8) is 0 Å². The lowest BCUT2D eigenvalue weighted by molar-refractivity contribution is 0.415. The predicted octanol–water partition coefficient (Wildman–Crippen LogP) is 2.12. The summed E-state index contributed by atoms with van der Waals surface area (Å²) < 4.78 is 7.02. The van der Waals surface area contributed by atoms with E-state index in [0.717, 1.165) is 24.4 Å². The first kappa shape index (κ1) is 13.3. The molecule has 0 aliphatic heterocycles. The maximum absolute atomic E-state index is 5.85. The fourth-order valence-electron chi connectivity index (χ4n) is 1.94. The van der Waals surface area contributed by atoms with Gasteiger partial charge in [0.1, 0.15) is 5.75 Å². The fraction of sp³-hybridized carbons (Fsp3) is 0.462. The molecule has 19 heavy (non-hydrogen) atoms. The van der Waals surface area contributed by atoms with Crippen LogP contribution in [0, 0.1) is 0 Å². The van der Waals surface area contributed by atoms with E-state index in [9.17, 15) is 0 Å². The van der Waals surface area contributed by atoms with Crippen molar-refractivity contribution >= 4 is 5.69 Å². The van der Waals surface area contributed by atoms with Gasteiger partial charge in [0.25, 0.3) is 0 Å². The Balaban J connectivity index is 2.26. The van der Waals surface area contributed by atoms with E-state index in [1.54, 1.807) is 13.2 Å². The van der Waals surface area contributed by atoms with Gasteiger partial charge >= 0.3 is 0 Å². The second-order valence-electron chi connectivity index (χ2n) is 4.43. The minimum Gasteiger partial charge on any atom is -0.497 e. The molecule has 0 unspecified atom stereocenters. The number of rotatable bonds is 6. The number of methoxy groups -OCH3 is 1. The number of hydrogen-bond donors (Lipinski definition) is 1. The van der Waals surface area contributed by atoms with Crippen molar-refractivity contribution < 1.29 is 4.74 Å². The Morgan fingerprint density at radius 3 is 2.84 bits per heavy atom. The number of ether oxygens (including phenoxy) is 1. The van der Waals surface area contributed by atoms with Gasteiger partial charge in [0.15, 0.2) is 5.82 Å². The molecular formula is C13H19N5O. The van der Waals surface area contributed by atoms with Crippen LogP contribution in [0.3, 0.4) is 0 Å². The van der Waals surface area contributed by atoms with E-state index in [4.69, 9.17) is 10.5 Å². The maximum Gasteiger partial charge on any atom is 0.182 e. The number of hydrogen-bond acceptors (Lipinski definition) is 5. The van der Waals surface area contributed by atoms with Gasteiger partial charge in [-0.1, -0.05) is 19.8 Å². The third-order valence-corrected chi connectivity index (χ3v) is 2.93. The first-order valence-corrected chi connectivity index (χ1v) is 6.45. The van der Waals surface area contributed by atoms with Gasteiger partial charge in [0, 0.05) is 23.9 Å². The van der Waals surface area contributed by atoms with Crippen molar-refractivity contribution in [2.75, 3.05) is 12.8 Å². The third kappa shape index (κ3) is 3.21. The van der Waals surface area contributed by atoms with Crippen LogP contribution in [-0.4, -0.2) is 27.3 Å². The molecule has 0 atom stereocenters. The van der Waals surface area contributed by atoms with Crippen LogP contribution in [0.25, 0.3) is 11.4 Å². The van der Waals surface area contributed by atoms with Crippen molar-refractivity contribution in [1.82, 2.24) is 20.2 Å². The molecule has 0 radical (unpaired) electrons. The fourth-order valence-corrected chi connectivity index (χ4v) is 1.94. The normalized spacial score (nSPS) is 10.6. The molecule has 2 N–H and O–H groups in total. The molecule has 0 aliphatic rings. The van der Waals surface area contributed by atoms with Crippen LogP contribution in [0.1, 0.15) is 26.2 Å². The zero-order chi connectivity index (χ0) is 13.7. The number of nitrogen functional groups attached to an aromatic ring is 1. The quantitative estimate of drug-likeness (QED) is 0.636. The standard InChI is InChI=1S/C13H19N5O/c1-3-4-5-6-18-13(15-16-17-18)10-7-11(14)9-12(8-10)19-2/h7-9H,3-6,14H2,1-2H3. The Morgan fingerprint density at radius 1 is 1.26 bits per heavy atom. The highest BCUT2D eigenvalue weighted by atomic mass is 16.5. The largest absolute Gasteiger partial charge is 0.497 e. The average molecular weight is 261 g/mol. The summed E-state index contributed by atoms with van der Waals surface area (Å²) in [5.74, 6) is 1.43. The van der Waals surface area contributed by atoms with Crippen molar-refractivity contribution in [2.45, 2.75) is 32.7 Å². The number of anilines is 1. The smallest absolute Gasteiger partial charge is 0.182 e. The Hall–Kier alpha value is -2.11. The van der Waals surface area contributed by atoms with Gasteiger partial charge in [0.05, 0.1) is 7.11 Å². The first-order valence-electron chi connectivity index (χ1n) is 6.45. The molecule has 2 aromatic rings. The molecule has 6 heteroatoms. The minimum absolute atomic E-state index is 0.637. The molecule has 102 valence electrons.